The summed E-state index contributed by atoms with van der Waals surface area (Å²) in [6, 6.07) is 6.91. The second-order valence-corrected chi connectivity index (χ2v) is 5.66. The molecule has 1 aliphatic heterocycles. The van der Waals surface area contributed by atoms with Crippen LogP contribution in [0.3, 0.4) is 0 Å². The van der Waals surface area contributed by atoms with Gasteiger partial charge < -0.3 is 10.6 Å². The average molecular weight is 305 g/mol. The molecule has 0 bridgehead atoms. The van der Waals surface area contributed by atoms with Gasteiger partial charge in [-0.15, -0.1) is 0 Å². The highest BCUT2D eigenvalue weighted by Crippen LogP contribution is 2.20. The number of aromatic nitrogens is 2. The normalized spacial score (nSPS) is 14.6. The Balaban J connectivity index is 1.84. The van der Waals surface area contributed by atoms with Gasteiger partial charge in [0.25, 0.3) is 5.56 Å². The van der Waals surface area contributed by atoms with Gasteiger partial charge >= 0.3 is 0 Å². The molecular formula is C15H17ClN4O. The number of anilines is 2. The highest BCUT2D eigenvalue weighted by molar-refractivity contribution is 6.31. The van der Waals surface area contributed by atoms with Crippen molar-refractivity contribution in [3.8, 4) is 0 Å². The van der Waals surface area contributed by atoms with Gasteiger partial charge in [0.1, 0.15) is 0 Å². The second kappa shape index (κ2) is 5.77. The van der Waals surface area contributed by atoms with Crippen LogP contribution in [-0.4, -0.2) is 22.9 Å². The second-order valence-electron chi connectivity index (χ2n) is 5.25. The smallest absolute Gasteiger partial charge is 0.269 e. The Morgan fingerprint density at radius 1 is 1.24 bits per heavy atom. The van der Waals surface area contributed by atoms with Gasteiger partial charge in [0.2, 0.25) is 0 Å². The number of rotatable bonds is 3. The largest absolute Gasteiger partial charge is 0.399 e. The van der Waals surface area contributed by atoms with Crippen molar-refractivity contribution in [2.75, 3.05) is 23.7 Å². The average Bonchev–Trinajstić information content (AvgIpc) is 2.98. The molecule has 0 saturated carbocycles. The van der Waals surface area contributed by atoms with Crippen molar-refractivity contribution in [1.29, 1.82) is 0 Å². The van der Waals surface area contributed by atoms with E-state index < -0.39 is 0 Å². The third-order valence-corrected chi connectivity index (χ3v) is 4.08. The minimum Gasteiger partial charge on any atom is -0.399 e. The monoisotopic (exact) mass is 304 g/mol. The molecule has 5 nitrogen and oxygen atoms in total. The Morgan fingerprint density at radius 3 is 2.67 bits per heavy atom. The minimum atomic E-state index is -0.118. The molecule has 1 aliphatic rings. The molecule has 2 aromatic rings. The molecular weight excluding hydrogens is 288 g/mol. The zero-order valence-corrected chi connectivity index (χ0v) is 12.4. The maximum Gasteiger partial charge on any atom is 0.269 e. The van der Waals surface area contributed by atoms with Crippen molar-refractivity contribution >= 4 is 23.0 Å². The Kier molecular flexibility index (Phi) is 3.84. The highest BCUT2D eigenvalue weighted by atomic mass is 35.5. The van der Waals surface area contributed by atoms with E-state index >= 15 is 0 Å². The number of nitrogens with zero attached hydrogens (tertiary/aromatic N) is 3. The lowest BCUT2D eigenvalue weighted by Gasteiger charge is -2.17. The maximum atomic E-state index is 12.2. The number of nitrogen functional groups attached to an aromatic ring is 1. The lowest BCUT2D eigenvalue weighted by atomic mass is 10.2. The van der Waals surface area contributed by atoms with Gasteiger partial charge in [-0.05, 0) is 30.5 Å². The van der Waals surface area contributed by atoms with Crippen LogP contribution in [-0.2, 0) is 6.54 Å². The number of hydrogen-bond donors (Lipinski definition) is 1. The Bertz CT molecular complexity index is 707. The topological polar surface area (TPSA) is 64.2 Å². The molecule has 0 spiro atoms. The summed E-state index contributed by atoms with van der Waals surface area (Å²) < 4.78 is 1.41. The van der Waals surface area contributed by atoms with Crippen LogP contribution in [0.1, 0.15) is 18.4 Å². The molecule has 3 rings (SSSR count). The van der Waals surface area contributed by atoms with Crippen LogP contribution in [0.15, 0.2) is 35.3 Å². The molecule has 0 amide bonds. The van der Waals surface area contributed by atoms with E-state index in [1.54, 1.807) is 24.4 Å². The van der Waals surface area contributed by atoms with E-state index in [1.165, 1.54) is 17.5 Å². The maximum absolute atomic E-state index is 12.2. The van der Waals surface area contributed by atoms with Crippen LogP contribution in [0.5, 0.6) is 0 Å². The number of hydrogen-bond acceptors (Lipinski definition) is 4. The lowest BCUT2D eigenvalue weighted by Crippen LogP contribution is -2.26. The first-order chi connectivity index (χ1) is 10.1. The number of nitrogens with two attached hydrogens (primary N) is 1. The standard InChI is InChI=1S/C15H17ClN4O/c16-14-7-12(17)4-3-11(14)10-20-15(21)8-13(9-18-20)19-5-1-2-6-19/h3-4,7-9H,1-2,5-6,10,17H2. The molecule has 21 heavy (non-hydrogen) atoms. The summed E-state index contributed by atoms with van der Waals surface area (Å²) in [5, 5.41) is 4.80. The van der Waals surface area contributed by atoms with Crippen molar-refractivity contribution in [3.63, 3.8) is 0 Å². The molecule has 1 saturated heterocycles. The molecule has 6 heteroatoms. The zero-order valence-electron chi connectivity index (χ0n) is 11.6. The van der Waals surface area contributed by atoms with Crippen LogP contribution in [0.2, 0.25) is 5.02 Å². The van der Waals surface area contributed by atoms with Crippen molar-refractivity contribution in [1.82, 2.24) is 9.78 Å². The summed E-state index contributed by atoms with van der Waals surface area (Å²) in [6.45, 7) is 2.34. The third kappa shape index (κ3) is 3.03. The van der Waals surface area contributed by atoms with E-state index in [0.29, 0.717) is 17.3 Å². The fourth-order valence-corrected chi connectivity index (χ4v) is 2.79. The first-order valence-corrected chi connectivity index (χ1v) is 7.37. The van der Waals surface area contributed by atoms with E-state index in [0.717, 1.165) is 24.3 Å². The molecule has 1 aromatic carbocycles. The Hall–Kier alpha value is -2.01. The molecule has 0 unspecified atom stereocenters. The molecule has 0 atom stereocenters. The predicted molar refractivity (Wildman–Crippen MR) is 84.9 cm³/mol. The van der Waals surface area contributed by atoms with E-state index in [-0.39, 0.29) is 5.56 Å². The third-order valence-electron chi connectivity index (χ3n) is 3.72. The fourth-order valence-electron chi connectivity index (χ4n) is 2.54. The van der Waals surface area contributed by atoms with E-state index in [2.05, 4.69) is 10.00 Å². The molecule has 2 heterocycles. The summed E-state index contributed by atoms with van der Waals surface area (Å²) in [6.07, 6.45) is 4.09. The molecule has 0 radical (unpaired) electrons. The Morgan fingerprint density at radius 2 is 2.00 bits per heavy atom. The SMILES string of the molecule is Nc1ccc(Cn2ncc(N3CCCC3)cc2=O)c(Cl)c1. The van der Waals surface area contributed by atoms with E-state index in [9.17, 15) is 4.79 Å². The minimum absolute atomic E-state index is 0.118. The van der Waals surface area contributed by atoms with Gasteiger partial charge in [-0.3, -0.25) is 4.79 Å². The number of benzene rings is 1. The summed E-state index contributed by atoms with van der Waals surface area (Å²) in [4.78, 5) is 14.4. The van der Waals surface area contributed by atoms with Crippen LogP contribution >= 0.6 is 11.6 Å². The van der Waals surface area contributed by atoms with Crippen LogP contribution in [0.25, 0.3) is 0 Å². The van der Waals surface area contributed by atoms with Crippen molar-refractivity contribution in [2.45, 2.75) is 19.4 Å². The molecule has 0 aliphatic carbocycles. The quantitative estimate of drug-likeness (QED) is 0.882. The van der Waals surface area contributed by atoms with Gasteiger partial charge in [0.05, 0.1) is 18.4 Å². The zero-order chi connectivity index (χ0) is 14.8. The summed E-state index contributed by atoms with van der Waals surface area (Å²) >= 11 is 6.14. The molecule has 1 fully saturated rings. The van der Waals surface area contributed by atoms with Gasteiger partial charge in [-0.25, -0.2) is 4.68 Å². The highest BCUT2D eigenvalue weighted by Gasteiger charge is 2.14. The lowest BCUT2D eigenvalue weighted by molar-refractivity contribution is 0.637. The van der Waals surface area contributed by atoms with E-state index in [1.807, 2.05) is 6.07 Å². The number of halogens is 1. The molecule has 1 aromatic heterocycles. The van der Waals surface area contributed by atoms with Crippen molar-refractivity contribution in [3.05, 3.63) is 51.4 Å². The first-order valence-electron chi connectivity index (χ1n) is 6.99. The summed E-state index contributed by atoms with van der Waals surface area (Å²) in [5.74, 6) is 0. The molecule has 2 N–H and O–H groups in total. The van der Waals surface area contributed by atoms with E-state index in [4.69, 9.17) is 17.3 Å². The van der Waals surface area contributed by atoms with Crippen LogP contribution in [0.4, 0.5) is 11.4 Å². The van der Waals surface area contributed by atoms with Gasteiger partial charge in [-0.1, -0.05) is 17.7 Å². The summed E-state index contributed by atoms with van der Waals surface area (Å²) in [5.41, 5.74) is 7.88. The Labute approximate surface area is 127 Å². The van der Waals surface area contributed by atoms with Crippen LogP contribution < -0.4 is 16.2 Å². The first kappa shape index (κ1) is 13.9. The van der Waals surface area contributed by atoms with Crippen molar-refractivity contribution in [2.24, 2.45) is 0 Å². The predicted octanol–water partition coefficient (Wildman–Crippen LogP) is 2.13. The molecule has 110 valence electrons. The fraction of sp³-hybridized carbons (Fsp3) is 0.333. The van der Waals surface area contributed by atoms with Crippen LogP contribution in [0, 0.1) is 0 Å². The van der Waals surface area contributed by atoms with Gasteiger partial charge in [0.15, 0.2) is 0 Å². The van der Waals surface area contributed by atoms with Crippen molar-refractivity contribution < 1.29 is 0 Å². The van der Waals surface area contributed by atoms with Gasteiger partial charge in [-0.2, -0.15) is 5.10 Å². The van der Waals surface area contributed by atoms with Gasteiger partial charge in [0, 0.05) is 29.9 Å². The summed E-state index contributed by atoms with van der Waals surface area (Å²) in [7, 11) is 0.